The Hall–Kier alpha value is -6.76. The van der Waals surface area contributed by atoms with E-state index in [1.165, 1.54) is 80.8 Å². The smallest absolute Gasteiger partial charge is 0.248 e. The second-order valence-electron chi connectivity index (χ2n) is 28.3. The number of aryl methyl sites for hydroxylation is 1. The lowest BCUT2D eigenvalue weighted by Crippen LogP contribution is -2.65. The van der Waals surface area contributed by atoms with Gasteiger partial charge in [-0.3, -0.25) is 57.5 Å². The van der Waals surface area contributed by atoms with E-state index in [0.717, 1.165) is 66.1 Å². The van der Waals surface area contributed by atoms with Crippen LogP contribution in [0.25, 0.3) is 0 Å². The number of fused-ring (bicyclic) bond motifs is 1. The molecule has 1 unspecified atom stereocenters. The van der Waals surface area contributed by atoms with E-state index in [2.05, 4.69) is 16.0 Å². The number of piperidine rings is 1. The molecule has 97 heavy (non-hydrogen) atoms. The number of likely N-dealkylation sites (N-methyl/N-ethyl adjacent to an activating group) is 7. The first kappa shape index (κ1) is 79.2. The van der Waals surface area contributed by atoms with Crippen molar-refractivity contribution in [1.82, 2.24) is 60.0 Å². The molecule has 2 aliphatic carbocycles. The monoisotopic (exact) mass is 1400 g/mol. The molecule has 25 nitrogen and oxygen atoms in total. The van der Waals surface area contributed by atoms with Gasteiger partial charge < -0.3 is 64.8 Å². The fraction of sp³-hybridized carbons (Fsp3) is 0.743. The Balaban J connectivity index is 1.40. The molecule has 0 aromatic heterocycles. The lowest BCUT2D eigenvalue weighted by molar-refractivity contribution is -0.156. The zero-order valence-electron chi connectivity index (χ0n) is 59.8. The molecule has 3 heterocycles. The molecule has 3 aliphatic heterocycles. The molecular formula is C70H110Cl2N12O13. The van der Waals surface area contributed by atoms with Gasteiger partial charge in [0.15, 0.2) is 0 Å². The van der Waals surface area contributed by atoms with Gasteiger partial charge in [0.05, 0.1) is 37.7 Å². The summed E-state index contributed by atoms with van der Waals surface area (Å²) in [6.07, 6.45) is 10.9. The largest absolute Gasteiger partial charge is 0.492 e. The van der Waals surface area contributed by atoms with Gasteiger partial charge in [-0.1, -0.05) is 116 Å². The molecule has 0 radical (unpaired) electrons. The zero-order chi connectivity index (χ0) is 71.7. The Labute approximate surface area is 584 Å². The Morgan fingerprint density at radius 2 is 1.28 bits per heavy atom. The molecule has 0 bridgehead atoms. The summed E-state index contributed by atoms with van der Waals surface area (Å²) >= 11 is 13.3. The predicted molar refractivity (Wildman–Crippen MR) is 368 cm³/mol. The first-order valence-corrected chi connectivity index (χ1v) is 36.0. The number of benzene rings is 1. The number of ether oxygens (including phenoxy) is 1. The summed E-state index contributed by atoms with van der Waals surface area (Å²) < 4.78 is 6.00. The van der Waals surface area contributed by atoms with Crippen LogP contribution < -0.4 is 20.7 Å². The van der Waals surface area contributed by atoms with E-state index in [-0.39, 0.29) is 61.0 Å². The third-order valence-corrected chi connectivity index (χ3v) is 21.6. The number of rotatable bonds is 13. The van der Waals surface area contributed by atoms with Crippen LogP contribution in [0.3, 0.4) is 0 Å². The molecule has 1 aromatic rings. The summed E-state index contributed by atoms with van der Waals surface area (Å²) in [7, 11) is 10.0. The van der Waals surface area contributed by atoms with E-state index in [1.54, 1.807) is 37.8 Å². The Bertz CT molecular complexity index is 2990. The van der Waals surface area contributed by atoms with Crippen molar-refractivity contribution in [2.45, 2.75) is 224 Å². The molecule has 6 rings (SSSR count). The van der Waals surface area contributed by atoms with Crippen LogP contribution in [0.5, 0.6) is 5.75 Å². The highest BCUT2D eigenvalue weighted by Gasteiger charge is 2.50. The normalized spacial score (nSPS) is 26.0. The third kappa shape index (κ3) is 20.2. The number of carbonyl (C=O) groups excluding carboxylic acids is 12. The van der Waals surface area contributed by atoms with E-state index in [9.17, 15) is 38.4 Å². The molecule has 3 N–H and O–H groups in total. The van der Waals surface area contributed by atoms with Crippen LogP contribution in [0.4, 0.5) is 0 Å². The molecule has 3 saturated heterocycles. The minimum atomic E-state index is -1.52. The highest BCUT2D eigenvalue weighted by atomic mass is 35.5. The van der Waals surface area contributed by atoms with Gasteiger partial charge in [0, 0.05) is 69.0 Å². The Morgan fingerprint density at radius 3 is 1.91 bits per heavy atom. The molecule has 1 spiro atoms. The van der Waals surface area contributed by atoms with Crippen molar-refractivity contribution in [3.05, 3.63) is 27.7 Å². The van der Waals surface area contributed by atoms with Gasteiger partial charge in [0.2, 0.25) is 70.9 Å². The average Bonchev–Trinajstić information content (AvgIpc) is 1.76. The van der Waals surface area contributed by atoms with Crippen LogP contribution in [0.2, 0.25) is 10.0 Å². The predicted octanol–water partition coefficient (Wildman–Crippen LogP) is 5.29. The van der Waals surface area contributed by atoms with Gasteiger partial charge in [0.25, 0.3) is 0 Å². The van der Waals surface area contributed by atoms with E-state index >= 15 is 19.2 Å². The first-order valence-electron chi connectivity index (χ1n) is 35.3. The highest BCUT2D eigenvalue weighted by Crippen LogP contribution is 2.37. The van der Waals surface area contributed by atoms with E-state index in [4.69, 9.17) is 27.9 Å². The van der Waals surface area contributed by atoms with Gasteiger partial charge in [-0.15, -0.1) is 0 Å². The first-order chi connectivity index (χ1) is 45.9. The van der Waals surface area contributed by atoms with E-state index < -0.39 is 157 Å². The highest BCUT2D eigenvalue weighted by molar-refractivity contribution is 6.43. The fourth-order valence-electron chi connectivity index (χ4n) is 14.2. The van der Waals surface area contributed by atoms with Crippen LogP contribution in [-0.2, 0) is 64.0 Å². The molecule has 27 heteroatoms. The maximum atomic E-state index is 15.4. The summed E-state index contributed by atoms with van der Waals surface area (Å²) in [5.41, 5.74) is -0.878. The summed E-state index contributed by atoms with van der Waals surface area (Å²) in [6.45, 7) is 10.4. The van der Waals surface area contributed by atoms with E-state index in [1.807, 2.05) is 13.8 Å². The van der Waals surface area contributed by atoms with Gasteiger partial charge in [-0.25, -0.2) is 0 Å². The topological polar surface area (TPSA) is 279 Å². The number of halogens is 2. The standard InChI is InChI=1S/C70H110Cl2N12O13/c1-14-16-36-97-54-39-48(37-49(71)59(54)72)29-30-50-64(91)84-35-25-28-51(84)63(90)75-70(31-21-22-32-70)69(96)82(13)61(44(3)4)68(95)81(12)53(66(93)83-33-23-18-24-34-83)40-56(86)79(10)46(6)62(89)74-60(45(5)15-2)67(94)78(9)42-57(87)76(7)43-58(88)80(11)52(38-47-26-19-17-20-27-47)65(92)77(8)41-55(85)73-50/h37,39,44-47,50-53,60-61H,14-36,38,40-43H2,1-13H3,(H,73,85)(H,74,89)(H,75,90)/t45-,46-,50-,51?,52-,53-,60-,61-/m0/s1. The number of hydrogen-bond acceptors (Lipinski definition) is 13. The molecule has 1 aromatic carbocycles. The van der Waals surface area contributed by atoms with Gasteiger partial charge in [0.1, 0.15) is 58.6 Å². The molecule has 2 saturated carbocycles. The van der Waals surface area contributed by atoms with E-state index in [0.29, 0.717) is 69.5 Å². The van der Waals surface area contributed by atoms with Gasteiger partial charge in [-0.05, 0) is 113 Å². The zero-order valence-corrected chi connectivity index (χ0v) is 61.3. The molecule has 5 aliphatic rings. The molecule has 5 fully saturated rings. The van der Waals surface area contributed by atoms with Crippen molar-refractivity contribution in [3.8, 4) is 5.75 Å². The van der Waals surface area contributed by atoms with Crippen molar-refractivity contribution in [3.63, 3.8) is 0 Å². The summed E-state index contributed by atoms with van der Waals surface area (Å²) in [5.74, 6) is -7.92. The van der Waals surface area contributed by atoms with Gasteiger partial charge in [-0.2, -0.15) is 0 Å². The van der Waals surface area contributed by atoms with Crippen molar-refractivity contribution in [1.29, 1.82) is 0 Å². The molecule has 542 valence electrons. The summed E-state index contributed by atoms with van der Waals surface area (Å²) in [5, 5.41) is 9.24. The summed E-state index contributed by atoms with van der Waals surface area (Å²) in [4.78, 5) is 188. The van der Waals surface area contributed by atoms with Crippen molar-refractivity contribution in [2.24, 2.45) is 17.8 Å². The Kier molecular flexibility index (Phi) is 29.7. The van der Waals surface area contributed by atoms with Crippen LogP contribution >= 0.6 is 23.2 Å². The number of hydrogen-bond donors (Lipinski definition) is 3. The van der Waals surface area contributed by atoms with Crippen LogP contribution in [0, 0.1) is 17.8 Å². The molecule has 8 atom stereocenters. The minimum Gasteiger partial charge on any atom is -0.492 e. The minimum absolute atomic E-state index is 0.00702. The number of likely N-dealkylation sites (tertiary alicyclic amines) is 1. The Morgan fingerprint density at radius 1 is 0.649 bits per heavy atom. The second kappa shape index (κ2) is 36.4. The number of nitrogens with one attached hydrogen (secondary N) is 3. The fourth-order valence-corrected chi connectivity index (χ4v) is 14.6. The van der Waals surface area contributed by atoms with Gasteiger partial charge >= 0.3 is 0 Å². The SMILES string of the molecule is CCCCOc1cc(CC[C@@H]2NC(=O)CN(C)C(=O)[C@H](CC3CCCCC3)N(C)C(=O)CN(C)C(=O)CN(C)C(=O)[C@H]([C@@H](C)CC)NC(=O)[C@H](C)N(C)C(=O)C[C@@H](C(=O)N3CCCCC3)N(C)C(=O)[C@H](C(C)C)N(C)C(=O)C3(CCCC3)NC(=O)C3CCCN3C2=O)cc(Cl)c1Cl. The lowest BCUT2D eigenvalue weighted by Gasteiger charge is -2.41. The van der Waals surface area contributed by atoms with Crippen molar-refractivity contribution >= 4 is 94.1 Å². The summed E-state index contributed by atoms with van der Waals surface area (Å²) in [6, 6.07) is -5.02. The van der Waals surface area contributed by atoms with Crippen LogP contribution in [0.15, 0.2) is 12.1 Å². The maximum Gasteiger partial charge on any atom is 0.248 e. The van der Waals surface area contributed by atoms with Crippen LogP contribution in [0.1, 0.15) is 176 Å². The van der Waals surface area contributed by atoms with Crippen molar-refractivity contribution < 1.29 is 62.3 Å². The number of unbranched alkanes of at least 4 members (excludes halogenated alkanes) is 1. The maximum absolute atomic E-state index is 15.4. The number of nitrogens with zero attached hydrogens (tertiary/aromatic N) is 9. The van der Waals surface area contributed by atoms with Crippen molar-refractivity contribution in [2.75, 3.05) is 95.2 Å². The second-order valence-corrected chi connectivity index (χ2v) is 29.1. The number of amides is 12. The lowest BCUT2D eigenvalue weighted by atomic mass is 9.84. The quantitative estimate of drug-likeness (QED) is 0.212. The average molecular weight is 1400 g/mol. The molecular weight excluding hydrogens is 1290 g/mol. The number of carbonyl (C=O) groups is 12. The third-order valence-electron chi connectivity index (χ3n) is 20.9. The molecule has 12 amide bonds. The van der Waals surface area contributed by atoms with Crippen LogP contribution in [-0.4, -0.2) is 258 Å².